The molecule has 1 aliphatic rings. The van der Waals surface area contributed by atoms with Crippen LogP contribution in [0.2, 0.25) is 0 Å². The molecule has 0 bridgehead atoms. The largest absolute Gasteiger partial charge is 0.483 e. The third-order valence-electron chi connectivity index (χ3n) is 5.45. The number of benzene rings is 2. The number of rotatable bonds is 10. The molecule has 2 amide bonds. The summed E-state index contributed by atoms with van der Waals surface area (Å²) in [5.41, 5.74) is 0.513. The van der Waals surface area contributed by atoms with Gasteiger partial charge in [-0.25, -0.2) is 9.59 Å². The molecule has 0 N–H and O–H groups in total. The van der Waals surface area contributed by atoms with Crippen molar-refractivity contribution in [2.45, 2.75) is 13.8 Å². The number of esters is 2. The highest BCUT2D eigenvalue weighted by molar-refractivity contribution is 5.93. The fourth-order valence-electron chi connectivity index (χ4n) is 3.61. The predicted molar refractivity (Wildman–Crippen MR) is 129 cm³/mol. The van der Waals surface area contributed by atoms with Crippen LogP contribution >= 0.6 is 0 Å². The number of amides is 2. The van der Waals surface area contributed by atoms with E-state index in [2.05, 4.69) is 0 Å². The first kappa shape index (κ1) is 26.5. The van der Waals surface area contributed by atoms with Crippen molar-refractivity contribution in [3.63, 3.8) is 0 Å². The summed E-state index contributed by atoms with van der Waals surface area (Å²) in [6.45, 7) is 4.78. The molecule has 10 nitrogen and oxygen atoms in total. The minimum Gasteiger partial charge on any atom is -0.483 e. The third-order valence-corrected chi connectivity index (χ3v) is 5.45. The van der Waals surface area contributed by atoms with Gasteiger partial charge < -0.3 is 28.7 Å². The Morgan fingerprint density at radius 3 is 1.36 bits per heavy atom. The van der Waals surface area contributed by atoms with Crippen LogP contribution in [0.15, 0.2) is 48.5 Å². The number of para-hydroxylation sites is 2. The Kier molecular flexibility index (Phi) is 9.67. The number of ether oxygens (including phenoxy) is 4. The molecule has 0 unspecified atom stereocenters. The molecule has 36 heavy (non-hydrogen) atoms. The number of piperazine rings is 1. The molecule has 0 saturated carbocycles. The summed E-state index contributed by atoms with van der Waals surface area (Å²) in [4.78, 5) is 52.6. The van der Waals surface area contributed by atoms with Gasteiger partial charge in [0.2, 0.25) is 0 Å². The number of carbonyl (C=O) groups excluding carboxylic acids is 4. The summed E-state index contributed by atoms with van der Waals surface area (Å²) >= 11 is 0. The highest BCUT2D eigenvalue weighted by Gasteiger charge is 2.25. The first-order chi connectivity index (χ1) is 17.4. The molecule has 0 spiro atoms. The molecular formula is C26H30N2O8. The zero-order valence-corrected chi connectivity index (χ0v) is 20.4. The van der Waals surface area contributed by atoms with Crippen molar-refractivity contribution >= 4 is 23.8 Å². The summed E-state index contributed by atoms with van der Waals surface area (Å²) in [6.07, 6.45) is 0. The summed E-state index contributed by atoms with van der Waals surface area (Å²) in [7, 11) is 0. The van der Waals surface area contributed by atoms with Crippen molar-refractivity contribution in [3.05, 3.63) is 59.7 Å². The van der Waals surface area contributed by atoms with Crippen molar-refractivity contribution in [3.8, 4) is 11.5 Å². The molecule has 10 heteroatoms. The molecule has 1 saturated heterocycles. The van der Waals surface area contributed by atoms with Gasteiger partial charge in [0, 0.05) is 26.2 Å². The first-order valence-corrected chi connectivity index (χ1v) is 11.8. The smallest absolute Gasteiger partial charge is 0.341 e. The second-order valence-electron chi connectivity index (χ2n) is 7.77. The molecule has 1 heterocycles. The van der Waals surface area contributed by atoms with Crippen LogP contribution in [0.5, 0.6) is 11.5 Å². The third kappa shape index (κ3) is 6.97. The topological polar surface area (TPSA) is 112 Å². The van der Waals surface area contributed by atoms with Crippen LogP contribution in [0.1, 0.15) is 34.6 Å². The van der Waals surface area contributed by atoms with E-state index < -0.39 is 11.9 Å². The molecule has 3 rings (SSSR count). The quantitative estimate of drug-likeness (QED) is 0.458. The second kappa shape index (κ2) is 13.1. The maximum Gasteiger partial charge on any atom is 0.341 e. The maximum absolute atomic E-state index is 12.6. The Morgan fingerprint density at radius 2 is 1.00 bits per heavy atom. The number of hydrogen-bond donors (Lipinski definition) is 0. The van der Waals surface area contributed by atoms with Gasteiger partial charge in [-0.3, -0.25) is 9.59 Å². The van der Waals surface area contributed by atoms with Gasteiger partial charge in [-0.2, -0.15) is 0 Å². The van der Waals surface area contributed by atoms with Gasteiger partial charge >= 0.3 is 11.9 Å². The van der Waals surface area contributed by atoms with Gasteiger partial charge in [-0.15, -0.1) is 0 Å². The first-order valence-electron chi connectivity index (χ1n) is 11.8. The van der Waals surface area contributed by atoms with Crippen molar-refractivity contribution in [1.29, 1.82) is 0 Å². The average molecular weight is 499 g/mol. The van der Waals surface area contributed by atoms with Crippen LogP contribution in [0, 0.1) is 0 Å². The Bertz CT molecular complexity index is 994. The van der Waals surface area contributed by atoms with Crippen LogP contribution in [0.4, 0.5) is 0 Å². The summed E-state index contributed by atoms with van der Waals surface area (Å²) in [6, 6.07) is 13.2. The molecular weight excluding hydrogens is 468 g/mol. The van der Waals surface area contributed by atoms with Crippen LogP contribution < -0.4 is 9.47 Å². The van der Waals surface area contributed by atoms with Gasteiger partial charge in [0.25, 0.3) is 11.8 Å². The lowest BCUT2D eigenvalue weighted by Crippen LogP contribution is -2.52. The Morgan fingerprint density at radius 1 is 0.639 bits per heavy atom. The Balaban J connectivity index is 1.47. The molecule has 192 valence electrons. The lowest BCUT2D eigenvalue weighted by Gasteiger charge is -2.34. The van der Waals surface area contributed by atoms with E-state index in [0.29, 0.717) is 26.2 Å². The van der Waals surface area contributed by atoms with Crippen molar-refractivity contribution < 1.29 is 38.1 Å². The zero-order valence-electron chi connectivity index (χ0n) is 20.4. The van der Waals surface area contributed by atoms with E-state index in [9.17, 15) is 19.2 Å². The summed E-state index contributed by atoms with van der Waals surface area (Å²) < 4.78 is 21.2. The van der Waals surface area contributed by atoms with E-state index in [1.807, 2.05) is 0 Å². The lowest BCUT2D eigenvalue weighted by atomic mass is 10.2. The standard InChI is InChI=1S/C26H30N2O8/c1-3-33-25(31)19-9-5-7-11-21(19)35-17-23(29)27-13-15-28(16-14-27)24(30)18-36-22-12-8-6-10-20(22)26(32)34-4-2/h5-12H,3-4,13-18H2,1-2H3. The highest BCUT2D eigenvalue weighted by Crippen LogP contribution is 2.20. The van der Waals surface area contributed by atoms with Crippen molar-refractivity contribution in [1.82, 2.24) is 9.80 Å². The van der Waals surface area contributed by atoms with E-state index in [1.165, 1.54) is 0 Å². The average Bonchev–Trinajstić information content (AvgIpc) is 2.91. The van der Waals surface area contributed by atoms with Crippen LogP contribution in [0.25, 0.3) is 0 Å². The van der Waals surface area contributed by atoms with E-state index in [-0.39, 0.29) is 60.9 Å². The minimum atomic E-state index is -0.514. The second-order valence-corrected chi connectivity index (χ2v) is 7.77. The Labute approximate surface area is 209 Å². The molecule has 2 aromatic rings. The predicted octanol–water partition coefficient (Wildman–Crippen LogP) is 2.17. The fourth-order valence-corrected chi connectivity index (χ4v) is 3.61. The minimum absolute atomic E-state index is 0.234. The highest BCUT2D eigenvalue weighted by atomic mass is 16.5. The Hall–Kier alpha value is -4.08. The normalized spacial score (nSPS) is 13.1. The molecule has 1 fully saturated rings. The van der Waals surface area contributed by atoms with Gasteiger partial charge in [-0.05, 0) is 38.1 Å². The van der Waals surface area contributed by atoms with Gasteiger partial charge in [-0.1, -0.05) is 24.3 Å². The zero-order chi connectivity index (χ0) is 25.9. The SMILES string of the molecule is CCOC(=O)c1ccccc1OCC(=O)N1CCN(C(=O)COc2ccccc2C(=O)OCC)CC1. The summed E-state index contributed by atoms with van der Waals surface area (Å²) in [5.74, 6) is -0.975. The fraction of sp³-hybridized carbons (Fsp3) is 0.385. The van der Waals surface area contributed by atoms with Crippen LogP contribution in [0.3, 0.4) is 0 Å². The van der Waals surface area contributed by atoms with Crippen molar-refractivity contribution in [2.24, 2.45) is 0 Å². The molecule has 0 aliphatic carbocycles. The molecule has 0 atom stereocenters. The van der Waals surface area contributed by atoms with Gasteiger partial charge in [0.15, 0.2) is 13.2 Å². The van der Waals surface area contributed by atoms with Crippen LogP contribution in [-0.2, 0) is 19.1 Å². The lowest BCUT2D eigenvalue weighted by molar-refractivity contribution is -0.141. The molecule has 0 radical (unpaired) electrons. The van der Waals surface area contributed by atoms with Crippen LogP contribution in [-0.4, -0.2) is 86.2 Å². The van der Waals surface area contributed by atoms with Crippen molar-refractivity contribution in [2.75, 3.05) is 52.6 Å². The molecule has 2 aromatic carbocycles. The number of hydrogen-bond acceptors (Lipinski definition) is 8. The van der Waals surface area contributed by atoms with E-state index in [0.717, 1.165) is 0 Å². The molecule has 1 aliphatic heterocycles. The van der Waals surface area contributed by atoms with E-state index in [1.54, 1.807) is 72.2 Å². The van der Waals surface area contributed by atoms with Gasteiger partial charge in [0.1, 0.15) is 22.6 Å². The number of nitrogens with zero attached hydrogens (tertiary/aromatic N) is 2. The monoisotopic (exact) mass is 498 g/mol. The molecule has 0 aromatic heterocycles. The maximum atomic E-state index is 12.6. The number of carbonyl (C=O) groups is 4. The summed E-state index contributed by atoms with van der Waals surface area (Å²) in [5, 5.41) is 0. The van der Waals surface area contributed by atoms with E-state index >= 15 is 0 Å². The van der Waals surface area contributed by atoms with Gasteiger partial charge in [0.05, 0.1) is 13.2 Å². The van der Waals surface area contributed by atoms with E-state index in [4.69, 9.17) is 18.9 Å².